The summed E-state index contributed by atoms with van der Waals surface area (Å²) in [5.74, 6) is 1.53. The van der Waals surface area contributed by atoms with Gasteiger partial charge in [0.1, 0.15) is 11.3 Å². The van der Waals surface area contributed by atoms with Gasteiger partial charge >= 0.3 is 0 Å². The highest BCUT2D eigenvalue weighted by atomic mass is 35.5. The first-order valence-electron chi connectivity index (χ1n) is 6.06. The molecule has 0 spiro atoms. The highest BCUT2D eigenvalue weighted by Gasteiger charge is 2.25. The molecular formula is C14H14ClN3O. The molecule has 0 bridgehead atoms. The molecule has 0 fully saturated rings. The SMILES string of the molecule is CC(C)(C)c1nc2cccnc2n1-c1ccc(Cl)o1. The van der Waals surface area contributed by atoms with E-state index in [1.807, 2.05) is 22.8 Å². The maximum atomic E-state index is 5.87. The number of hydrogen-bond donors (Lipinski definition) is 0. The van der Waals surface area contributed by atoms with Crippen LogP contribution in [0.25, 0.3) is 17.0 Å². The maximum Gasteiger partial charge on any atom is 0.208 e. The average molecular weight is 276 g/mol. The number of rotatable bonds is 1. The van der Waals surface area contributed by atoms with Crippen molar-refractivity contribution < 1.29 is 4.42 Å². The van der Waals surface area contributed by atoms with E-state index in [1.54, 1.807) is 12.3 Å². The molecule has 0 radical (unpaired) electrons. The molecule has 3 aromatic heterocycles. The molecule has 0 aliphatic heterocycles. The van der Waals surface area contributed by atoms with Crippen LogP contribution in [0, 0.1) is 0 Å². The molecule has 3 rings (SSSR count). The maximum absolute atomic E-state index is 5.87. The molecule has 3 aromatic rings. The summed E-state index contributed by atoms with van der Waals surface area (Å²) in [4.78, 5) is 9.07. The standard InChI is InChI=1S/C14H14ClN3O/c1-14(2,3)13-17-9-5-4-8-16-12(9)18(13)11-7-6-10(15)19-11/h4-8H,1-3H3. The Labute approximate surface area is 116 Å². The molecule has 19 heavy (non-hydrogen) atoms. The van der Waals surface area contributed by atoms with Gasteiger partial charge < -0.3 is 4.42 Å². The van der Waals surface area contributed by atoms with Crippen LogP contribution >= 0.6 is 11.6 Å². The molecule has 0 aliphatic rings. The van der Waals surface area contributed by atoms with Gasteiger partial charge in [-0.1, -0.05) is 20.8 Å². The Bertz CT molecular complexity index is 737. The second kappa shape index (κ2) is 4.10. The quantitative estimate of drug-likeness (QED) is 0.675. The number of halogens is 1. The molecule has 3 heterocycles. The minimum absolute atomic E-state index is 0.125. The van der Waals surface area contributed by atoms with Crippen molar-refractivity contribution in [1.82, 2.24) is 14.5 Å². The van der Waals surface area contributed by atoms with Crippen LogP contribution < -0.4 is 0 Å². The number of furan rings is 1. The van der Waals surface area contributed by atoms with Crippen LogP contribution in [-0.4, -0.2) is 14.5 Å². The molecule has 4 nitrogen and oxygen atoms in total. The fourth-order valence-electron chi connectivity index (χ4n) is 2.05. The molecule has 0 aliphatic carbocycles. The molecule has 0 saturated carbocycles. The van der Waals surface area contributed by atoms with Gasteiger partial charge in [0.2, 0.25) is 5.88 Å². The predicted octanol–water partition coefficient (Wildman–Crippen LogP) is 3.96. The summed E-state index contributed by atoms with van der Waals surface area (Å²) in [6.07, 6.45) is 1.75. The number of fused-ring (bicyclic) bond motifs is 1. The predicted molar refractivity (Wildman–Crippen MR) is 74.8 cm³/mol. The fraction of sp³-hybridized carbons (Fsp3) is 0.286. The number of nitrogens with zero attached hydrogens (tertiary/aromatic N) is 3. The van der Waals surface area contributed by atoms with Crippen molar-refractivity contribution in [2.75, 3.05) is 0 Å². The fourth-order valence-corrected chi connectivity index (χ4v) is 2.19. The van der Waals surface area contributed by atoms with E-state index in [0.717, 1.165) is 17.0 Å². The lowest BCUT2D eigenvalue weighted by Gasteiger charge is -2.18. The Balaban J connectivity index is 2.37. The van der Waals surface area contributed by atoms with Gasteiger partial charge in [-0.15, -0.1) is 0 Å². The van der Waals surface area contributed by atoms with Gasteiger partial charge in [-0.25, -0.2) is 14.5 Å². The summed E-state index contributed by atoms with van der Waals surface area (Å²) < 4.78 is 7.44. The third-order valence-corrected chi connectivity index (χ3v) is 3.07. The van der Waals surface area contributed by atoms with Gasteiger partial charge in [0.25, 0.3) is 0 Å². The molecule has 0 unspecified atom stereocenters. The van der Waals surface area contributed by atoms with Crippen LogP contribution in [0.1, 0.15) is 26.6 Å². The smallest absolute Gasteiger partial charge is 0.208 e. The zero-order valence-corrected chi connectivity index (χ0v) is 11.8. The van der Waals surface area contributed by atoms with Crippen LogP contribution in [0.4, 0.5) is 0 Å². The molecule has 0 amide bonds. The monoisotopic (exact) mass is 275 g/mol. The van der Waals surface area contributed by atoms with Crippen molar-refractivity contribution in [2.24, 2.45) is 0 Å². The summed E-state index contributed by atoms with van der Waals surface area (Å²) in [6, 6.07) is 7.37. The second-order valence-electron chi connectivity index (χ2n) is 5.44. The Morgan fingerprint density at radius 2 is 2.00 bits per heavy atom. The van der Waals surface area contributed by atoms with E-state index in [0.29, 0.717) is 11.1 Å². The van der Waals surface area contributed by atoms with Crippen LogP contribution in [0.2, 0.25) is 5.22 Å². The van der Waals surface area contributed by atoms with Crippen LogP contribution in [0.3, 0.4) is 0 Å². The number of aromatic nitrogens is 3. The van der Waals surface area contributed by atoms with Gasteiger partial charge in [0, 0.05) is 17.7 Å². The summed E-state index contributed by atoms with van der Waals surface area (Å²) in [5.41, 5.74) is 1.50. The van der Waals surface area contributed by atoms with Crippen LogP contribution in [0.15, 0.2) is 34.9 Å². The van der Waals surface area contributed by atoms with Crippen molar-refractivity contribution in [1.29, 1.82) is 0 Å². The number of imidazole rings is 1. The van der Waals surface area contributed by atoms with E-state index < -0.39 is 0 Å². The van der Waals surface area contributed by atoms with Crippen LogP contribution in [0.5, 0.6) is 0 Å². The van der Waals surface area contributed by atoms with Crippen molar-refractivity contribution >= 4 is 22.8 Å². The van der Waals surface area contributed by atoms with Crippen molar-refractivity contribution in [3.8, 4) is 5.88 Å². The average Bonchev–Trinajstić information content (AvgIpc) is 2.91. The van der Waals surface area contributed by atoms with E-state index in [9.17, 15) is 0 Å². The lowest BCUT2D eigenvalue weighted by Crippen LogP contribution is -2.18. The lowest BCUT2D eigenvalue weighted by atomic mass is 9.96. The highest BCUT2D eigenvalue weighted by molar-refractivity contribution is 6.28. The Morgan fingerprint density at radius 1 is 1.21 bits per heavy atom. The third-order valence-electron chi connectivity index (χ3n) is 2.87. The topological polar surface area (TPSA) is 43.9 Å². The second-order valence-corrected chi connectivity index (χ2v) is 5.82. The molecule has 0 aromatic carbocycles. The summed E-state index contributed by atoms with van der Waals surface area (Å²) in [6.45, 7) is 6.32. The van der Waals surface area contributed by atoms with Gasteiger partial charge in [0.05, 0.1) is 0 Å². The Morgan fingerprint density at radius 3 is 2.63 bits per heavy atom. The zero-order valence-electron chi connectivity index (χ0n) is 11.0. The summed E-state index contributed by atoms with van der Waals surface area (Å²) in [7, 11) is 0. The van der Waals surface area contributed by atoms with Gasteiger partial charge in [-0.2, -0.15) is 0 Å². The number of pyridine rings is 1. The molecule has 0 atom stereocenters. The zero-order chi connectivity index (χ0) is 13.6. The van der Waals surface area contributed by atoms with Crippen molar-refractivity contribution in [3.05, 3.63) is 41.5 Å². The van der Waals surface area contributed by atoms with E-state index in [4.69, 9.17) is 16.0 Å². The normalized spacial score (nSPS) is 12.2. The van der Waals surface area contributed by atoms with E-state index in [1.165, 1.54) is 0 Å². The minimum atomic E-state index is -0.125. The van der Waals surface area contributed by atoms with Crippen molar-refractivity contribution in [3.63, 3.8) is 0 Å². The minimum Gasteiger partial charge on any atom is -0.428 e. The Kier molecular flexibility index (Phi) is 2.64. The summed E-state index contributed by atoms with van der Waals surface area (Å²) >= 11 is 5.87. The largest absolute Gasteiger partial charge is 0.428 e. The molecular weight excluding hydrogens is 262 g/mol. The third kappa shape index (κ3) is 2.02. The van der Waals surface area contributed by atoms with Crippen LogP contribution in [-0.2, 0) is 5.41 Å². The van der Waals surface area contributed by atoms with E-state index in [2.05, 4.69) is 30.7 Å². The first kappa shape index (κ1) is 12.2. The first-order valence-corrected chi connectivity index (χ1v) is 6.44. The molecule has 0 N–H and O–H groups in total. The van der Waals surface area contributed by atoms with Gasteiger partial charge in [0.15, 0.2) is 10.9 Å². The lowest BCUT2D eigenvalue weighted by molar-refractivity contribution is 0.494. The van der Waals surface area contributed by atoms with Crippen molar-refractivity contribution in [2.45, 2.75) is 26.2 Å². The molecule has 98 valence electrons. The molecule has 0 saturated heterocycles. The highest BCUT2D eigenvalue weighted by Crippen LogP contribution is 2.30. The van der Waals surface area contributed by atoms with Gasteiger partial charge in [-0.3, -0.25) is 0 Å². The summed E-state index contributed by atoms with van der Waals surface area (Å²) in [5, 5.41) is 0.354. The first-order chi connectivity index (χ1) is 8.97. The van der Waals surface area contributed by atoms with E-state index >= 15 is 0 Å². The Hall–Kier alpha value is -1.81. The molecule has 5 heteroatoms. The van der Waals surface area contributed by atoms with Gasteiger partial charge in [-0.05, 0) is 29.8 Å². The number of hydrogen-bond acceptors (Lipinski definition) is 3. The van der Waals surface area contributed by atoms with E-state index in [-0.39, 0.29) is 5.41 Å².